The van der Waals surface area contributed by atoms with Gasteiger partial charge in [-0.3, -0.25) is 4.79 Å². The zero-order valence-electron chi connectivity index (χ0n) is 8.94. The Morgan fingerprint density at radius 1 is 1.40 bits per heavy atom. The van der Waals surface area contributed by atoms with Crippen LogP contribution in [-0.4, -0.2) is 24.2 Å². The molecule has 1 rings (SSSR count). The second-order valence-corrected chi connectivity index (χ2v) is 3.39. The van der Waals surface area contributed by atoms with E-state index in [1.54, 1.807) is 0 Å². The van der Waals surface area contributed by atoms with E-state index in [1.165, 1.54) is 0 Å². The summed E-state index contributed by atoms with van der Waals surface area (Å²) < 4.78 is 0. The van der Waals surface area contributed by atoms with Crippen LogP contribution in [0.4, 0.5) is 0 Å². The third kappa shape index (κ3) is 3.36. The maximum atomic E-state index is 11.7. The third-order valence-electron chi connectivity index (χ3n) is 2.34. The van der Waals surface area contributed by atoms with Gasteiger partial charge in [0.15, 0.2) is 0 Å². The van der Waals surface area contributed by atoms with Crippen molar-refractivity contribution < 1.29 is 9.90 Å². The minimum absolute atomic E-state index is 0.0160. The van der Waals surface area contributed by atoms with E-state index in [2.05, 4.69) is 5.32 Å². The van der Waals surface area contributed by atoms with Crippen LogP contribution >= 0.6 is 0 Å². The predicted molar refractivity (Wildman–Crippen MR) is 59.6 cm³/mol. The molecular formula is C12H17NO2. The van der Waals surface area contributed by atoms with E-state index in [4.69, 9.17) is 5.11 Å². The number of amides is 1. The van der Waals surface area contributed by atoms with E-state index in [-0.39, 0.29) is 18.4 Å². The third-order valence-corrected chi connectivity index (χ3v) is 2.34. The van der Waals surface area contributed by atoms with Gasteiger partial charge in [0.1, 0.15) is 0 Å². The van der Waals surface area contributed by atoms with Crippen LogP contribution in [0.3, 0.4) is 0 Å². The molecular weight excluding hydrogens is 190 g/mol. The molecule has 0 radical (unpaired) electrons. The van der Waals surface area contributed by atoms with Crippen LogP contribution in [-0.2, 0) is 4.79 Å². The topological polar surface area (TPSA) is 49.3 Å². The van der Waals surface area contributed by atoms with Gasteiger partial charge >= 0.3 is 0 Å². The molecule has 15 heavy (non-hydrogen) atoms. The van der Waals surface area contributed by atoms with E-state index in [0.717, 1.165) is 12.0 Å². The summed E-state index contributed by atoms with van der Waals surface area (Å²) in [4.78, 5) is 11.7. The van der Waals surface area contributed by atoms with Gasteiger partial charge in [0.05, 0.1) is 12.5 Å². The number of rotatable bonds is 5. The summed E-state index contributed by atoms with van der Waals surface area (Å²) in [5, 5.41) is 11.3. The first kappa shape index (κ1) is 11.7. The molecule has 0 heterocycles. The van der Waals surface area contributed by atoms with Crippen molar-refractivity contribution in [3.05, 3.63) is 35.9 Å². The fraction of sp³-hybridized carbons (Fsp3) is 0.417. The van der Waals surface area contributed by atoms with E-state index in [1.807, 2.05) is 37.3 Å². The first-order chi connectivity index (χ1) is 7.29. The molecule has 1 unspecified atom stereocenters. The summed E-state index contributed by atoms with van der Waals surface area (Å²) in [6.07, 6.45) is 0.765. The van der Waals surface area contributed by atoms with Crippen molar-refractivity contribution in [1.82, 2.24) is 5.32 Å². The number of carbonyl (C=O) groups excluding carboxylic acids is 1. The lowest BCUT2D eigenvalue weighted by Gasteiger charge is -2.14. The van der Waals surface area contributed by atoms with Gasteiger partial charge in [-0.15, -0.1) is 0 Å². The van der Waals surface area contributed by atoms with Crippen LogP contribution < -0.4 is 5.32 Å². The SMILES string of the molecule is CCC(C(=O)NCCO)c1ccccc1. The van der Waals surface area contributed by atoms with Gasteiger partial charge in [0, 0.05) is 6.54 Å². The van der Waals surface area contributed by atoms with Gasteiger partial charge in [0.2, 0.25) is 5.91 Å². The van der Waals surface area contributed by atoms with Crippen molar-refractivity contribution in [3.63, 3.8) is 0 Å². The van der Waals surface area contributed by atoms with Crippen molar-refractivity contribution in [2.24, 2.45) is 0 Å². The van der Waals surface area contributed by atoms with Crippen LogP contribution in [0.1, 0.15) is 24.8 Å². The van der Waals surface area contributed by atoms with E-state index < -0.39 is 0 Å². The molecule has 0 spiro atoms. The minimum atomic E-state index is -0.113. The second-order valence-electron chi connectivity index (χ2n) is 3.39. The van der Waals surface area contributed by atoms with Crippen LogP contribution in [0.25, 0.3) is 0 Å². The first-order valence-corrected chi connectivity index (χ1v) is 5.23. The standard InChI is InChI=1S/C12H17NO2/c1-2-11(12(15)13-8-9-14)10-6-4-3-5-7-10/h3-7,11,14H,2,8-9H2,1H3,(H,13,15). The maximum absolute atomic E-state index is 11.7. The molecule has 0 fully saturated rings. The Morgan fingerprint density at radius 2 is 2.07 bits per heavy atom. The molecule has 1 aromatic rings. The van der Waals surface area contributed by atoms with Gasteiger partial charge in [-0.2, -0.15) is 0 Å². The quantitative estimate of drug-likeness (QED) is 0.764. The molecule has 0 bridgehead atoms. The summed E-state index contributed by atoms with van der Waals surface area (Å²) in [7, 11) is 0. The van der Waals surface area contributed by atoms with Crippen LogP contribution in [0.15, 0.2) is 30.3 Å². The molecule has 1 amide bonds. The maximum Gasteiger partial charge on any atom is 0.227 e. The summed E-state index contributed by atoms with van der Waals surface area (Å²) in [5.74, 6) is -0.129. The zero-order valence-corrected chi connectivity index (χ0v) is 8.94. The Balaban J connectivity index is 2.67. The molecule has 0 saturated heterocycles. The molecule has 0 aliphatic heterocycles. The lowest BCUT2D eigenvalue weighted by molar-refractivity contribution is -0.122. The van der Waals surface area contributed by atoms with Gasteiger partial charge in [-0.1, -0.05) is 37.3 Å². The average Bonchev–Trinajstić information content (AvgIpc) is 2.29. The monoisotopic (exact) mass is 207 g/mol. The van der Waals surface area contributed by atoms with Crippen molar-refractivity contribution in [2.75, 3.05) is 13.2 Å². The lowest BCUT2D eigenvalue weighted by Crippen LogP contribution is -2.31. The fourth-order valence-corrected chi connectivity index (χ4v) is 1.56. The Bertz CT molecular complexity index is 298. The highest BCUT2D eigenvalue weighted by Crippen LogP contribution is 2.18. The molecule has 1 aromatic carbocycles. The number of carbonyl (C=O) groups is 1. The highest BCUT2D eigenvalue weighted by molar-refractivity contribution is 5.83. The molecule has 2 N–H and O–H groups in total. The highest BCUT2D eigenvalue weighted by atomic mass is 16.3. The number of nitrogens with one attached hydrogen (secondary N) is 1. The fourth-order valence-electron chi connectivity index (χ4n) is 1.56. The van der Waals surface area contributed by atoms with Crippen molar-refractivity contribution >= 4 is 5.91 Å². The molecule has 0 saturated carbocycles. The number of benzene rings is 1. The Morgan fingerprint density at radius 3 is 2.60 bits per heavy atom. The Labute approximate surface area is 90.1 Å². The van der Waals surface area contributed by atoms with E-state index >= 15 is 0 Å². The summed E-state index contributed by atoms with van der Waals surface area (Å²) in [5.41, 5.74) is 1.02. The van der Waals surface area contributed by atoms with E-state index in [0.29, 0.717) is 6.54 Å². The van der Waals surface area contributed by atoms with Crippen LogP contribution in [0, 0.1) is 0 Å². The zero-order chi connectivity index (χ0) is 11.1. The lowest BCUT2D eigenvalue weighted by atomic mass is 9.96. The summed E-state index contributed by atoms with van der Waals surface area (Å²) in [6.45, 7) is 2.29. The molecule has 82 valence electrons. The Kier molecular flexibility index (Phi) is 4.84. The van der Waals surface area contributed by atoms with Gasteiger partial charge < -0.3 is 10.4 Å². The second kappa shape index (κ2) is 6.19. The smallest absolute Gasteiger partial charge is 0.227 e. The largest absolute Gasteiger partial charge is 0.395 e. The van der Waals surface area contributed by atoms with Crippen molar-refractivity contribution in [2.45, 2.75) is 19.3 Å². The van der Waals surface area contributed by atoms with Gasteiger partial charge in [-0.25, -0.2) is 0 Å². The molecule has 0 aromatic heterocycles. The molecule has 3 nitrogen and oxygen atoms in total. The molecule has 3 heteroatoms. The van der Waals surface area contributed by atoms with E-state index in [9.17, 15) is 4.79 Å². The summed E-state index contributed by atoms with van der Waals surface area (Å²) in [6, 6.07) is 9.69. The molecule has 1 atom stereocenters. The molecule has 0 aliphatic rings. The normalized spacial score (nSPS) is 12.1. The van der Waals surface area contributed by atoms with Gasteiger partial charge in [0.25, 0.3) is 0 Å². The number of aliphatic hydroxyl groups excluding tert-OH is 1. The number of aliphatic hydroxyl groups is 1. The number of hydrogen-bond donors (Lipinski definition) is 2. The minimum Gasteiger partial charge on any atom is -0.395 e. The number of hydrogen-bond acceptors (Lipinski definition) is 2. The highest BCUT2D eigenvalue weighted by Gasteiger charge is 2.17. The first-order valence-electron chi connectivity index (χ1n) is 5.23. The van der Waals surface area contributed by atoms with Crippen molar-refractivity contribution in [3.8, 4) is 0 Å². The average molecular weight is 207 g/mol. The Hall–Kier alpha value is -1.35. The van der Waals surface area contributed by atoms with Gasteiger partial charge in [-0.05, 0) is 12.0 Å². The van der Waals surface area contributed by atoms with Crippen molar-refractivity contribution in [1.29, 1.82) is 0 Å². The van der Waals surface area contributed by atoms with Crippen LogP contribution in [0.2, 0.25) is 0 Å². The molecule has 0 aliphatic carbocycles. The predicted octanol–water partition coefficient (Wildman–Crippen LogP) is 1.29. The summed E-state index contributed by atoms with van der Waals surface area (Å²) >= 11 is 0. The van der Waals surface area contributed by atoms with Crippen LogP contribution in [0.5, 0.6) is 0 Å².